The summed E-state index contributed by atoms with van der Waals surface area (Å²) >= 11 is 5.35. The standard InChI is InChI=1S/C5H9ClO2Si/c1-3(7)5(8)4(9)2-6/h4H,2H2,1,9H3/t4-/m0/s1. The molecule has 0 fully saturated rings. The third kappa shape index (κ3) is 2.77. The fourth-order valence-corrected chi connectivity index (χ4v) is 0.964. The maximum Gasteiger partial charge on any atom is 0.198 e. The monoisotopic (exact) mass is 164 g/mol. The van der Waals surface area contributed by atoms with Crippen LogP contribution in [0, 0.1) is 0 Å². The number of hydrogen-bond acceptors (Lipinski definition) is 2. The van der Waals surface area contributed by atoms with Crippen molar-refractivity contribution in [1.29, 1.82) is 0 Å². The van der Waals surface area contributed by atoms with Crippen molar-refractivity contribution < 1.29 is 9.59 Å². The lowest BCUT2D eigenvalue weighted by Gasteiger charge is -1.99. The third-order valence-electron chi connectivity index (χ3n) is 1.03. The van der Waals surface area contributed by atoms with Crippen molar-refractivity contribution in [3.05, 3.63) is 0 Å². The molecule has 4 heteroatoms. The Labute approximate surface area is 62.0 Å². The summed E-state index contributed by atoms with van der Waals surface area (Å²) < 4.78 is 0. The van der Waals surface area contributed by atoms with Crippen molar-refractivity contribution in [3.63, 3.8) is 0 Å². The maximum atomic E-state index is 10.7. The molecule has 0 bridgehead atoms. The van der Waals surface area contributed by atoms with Crippen LogP contribution in [-0.2, 0) is 9.59 Å². The Hall–Kier alpha value is -0.153. The lowest BCUT2D eigenvalue weighted by atomic mass is 10.2. The number of rotatable bonds is 3. The first kappa shape index (κ1) is 8.85. The van der Waals surface area contributed by atoms with Gasteiger partial charge in [0.25, 0.3) is 0 Å². The number of Topliss-reactive ketones (excluding diaryl/α,β-unsaturated/α-hetero) is 2. The quantitative estimate of drug-likeness (QED) is 0.321. The van der Waals surface area contributed by atoms with Crippen LogP contribution in [0.15, 0.2) is 0 Å². The average Bonchev–Trinajstić information content (AvgIpc) is 1.84. The molecule has 52 valence electrons. The highest BCUT2D eigenvalue weighted by Crippen LogP contribution is 2.02. The van der Waals surface area contributed by atoms with Gasteiger partial charge in [-0.2, -0.15) is 0 Å². The highest BCUT2D eigenvalue weighted by atomic mass is 35.5. The first-order valence-corrected chi connectivity index (χ1v) is 4.39. The normalized spacial score (nSPS) is 13.1. The van der Waals surface area contributed by atoms with E-state index in [0.29, 0.717) is 10.2 Å². The van der Waals surface area contributed by atoms with Crippen molar-refractivity contribution in [1.82, 2.24) is 0 Å². The summed E-state index contributed by atoms with van der Waals surface area (Å²) in [5, 5.41) is 0. The van der Waals surface area contributed by atoms with E-state index in [-0.39, 0.29) is 23.0 Å². The lowest BCUT2D eigenvalue weighted by Crippen LogP contribution is -2.17. The molecule has 0 rings (SSSR count). The Balaban J connectivity index is 3.88. The minimum atomic E-state index is -0.379. The Morgan fingerprint density at radius 2 is 2.11 bits per heavy atom. The summed E-state index contributed by atoms with van der Waals surface area (Å²) in [5.74, 6) is -0.419. The van der Waals surface area contributed by atoms with E-state index in [2.05, 4.69) is 0 Å². The molecule has 0 saturated heterocycles. The van der Waals surface area contributed by atoms with Crippen LogP contribution in [0.4, 0.5) is 0 Å². The average molecular weight is 165 g/mol. The van der Waals surface area contributed by atoms with Crippen LogP contribution < -0.4 is 0 Å². The second-order valence-corrected chi connectivity index (χ2v) is 3.68. The molecule has 0 unspecified atom stereocenters. The minimum Gasteiger partial charge on any atom is -0.291 e. The zero-order chi connectivity index (χ0) is 7.44. The summed E-state index contributed by atoms with van der Waals surface area (Å²) in [6, 6.07) is 0. The van der Waals surface area contributed by atoms with Gasteiger partial charge in [0, 0.05) is 28.6 Å². The molecule has 0 heterocycles. The first-order valence-electron chi connectivity index (χ1n) is 2.70. The zero-order valence-corrected chi connectivity index (χ0v) is 8.23. The molecule has 0 aromatic rings. The van der Waals surface area contributed by atoms with Gasteiger partial charge in [-0.3, -0.25) is 9.59 Å². The Morgan fingerprint density at radius 1 is 1.67 bits per heavy atom. The molecule has 0 amide bonds. The molecular weight excluding hydrogens is 156 g/mol. The summed E-state index contributed by atoms with van der Waals surface area (Å²) in [5.41, 5.74) is -0.191. The van der Waals surface area contributed by atoms with Crippen molar-refractivity contribution in [2.24, 2.45) is 0 Å². The van der Waals surface area contributed by atoms with E-state index < -0.39 is 0 Å². The van der Waals surface area contributed by atoms with Crippen molar-refractivity contribution >= 4 is 33.4 Å². The van der Waals surface area contributed by atoms with E-state index in [0.717, 1.165) is 0 Å². The lowest BCUT2D eigenvalue weighted by molar-refractivity contribution is -0.135. The molecule has 0 aromatic heterocycles. The van der Waals surface area contributed by atoms with Crippen LogP contribution >= 0.6 is 11.6 Å². The predicted octanol–water partition coefficient (Wildman–Crippen LogP) is -0.463. The molecule has 2 nitrogen and oxygen atoms in total. The third-order valence-corrected chi connectivity index (χ3v) is 2.94. The minimum absolute atomic E-state index is 0.191. The van der Waals surface area contributed by atoms with Gasteiger partial charge in [-0.05, 0) is 0 Å². The van der Waals surface area contributed by atoms with Gasteiger partial charge in [0.2, 0.25) is 0 Å². The van der Waals surface area contributed by atoms with Gasteiger partial charge in [0.1, 0.15) is 0 Å². The molecule has 0 aliphatic rings. The fourth-order valence-electron chi connectivity index (χ4n) is 0.417. The number of carbonyl (C=O) groups excluding carboxylic acids is 2. The summed E-state index contributed by atoms with van der Waals surface area (Å²) in [7, 11) is 0.669. The second-order valence-electron chi connectivity index (χ2n) is 1.98. The number of carbonyl (C=O) groups is 2. The topological polar surface area (TPSA) is 34.1 Å². The van der Waals surface area contributed by atoms with E-state index >= 15 is 0 Å². The highest BCUT2D eigenvalue weighted by Gasteiger charge is 2.15. The highest BCUT2D eigenvalue weighted by molar-refractivity contribution is 6.48. The maximum absolute atomic E-state index is 10.7. The van der Waals surface area contributed by atoms with E-state index in [1.165, 1.54) is 6.92 Å². The van der Waals surface area contributed by atoms with Gasteiger partial charge in [0.15, 0.2) is 11.6 Å². The van der Waals surface area contributed by atoms with Crippen LogP contribution in [0.25, 0.3) is 0 Å². The van der Waals surface area contributed by atoms with Crippen molar-refractivity contribution in [2.75, 3.05) is 5.88 Å². The summed E-state index contributed by atoms with van der Waals surface area (Å²) in [4.78, 5) is 21.0. The van der Waals surface area contributed by atoms with Gasteiger partial charge in [-0.25, -0.2) is 0 Å². The molecule has 0 aromatic carbocycles. The predicted molar refractivity (Wildman–Crippen MR) is 40.1 cm³/mol. The number of alkyl halides is 1. The van der Waals surface area contributed by atoms with Crippen LogP contribution in [0.5, 0.6) is 0 Å². The molecule has 0 spiro atoms. The van der Waals surface area contributed by atoms with Gasteiger partial charge in [0.05, 0.1) is 0 Å². The van der Waals surface area contributed by atoms with E-state index in [4.69, 9.17) is 11.6 Å². The Kier molecular flexibility index (Phi) is 3.73. The van der Waals surface area contributed by atoms with Gasteiger partial charge in [-0.1, -0.05) is 0 Å². The van der Waals surface area contributed by atoms with Crippen molar-refractivity contribution in [2.45, 2.75) is 12.5 Å². The smallest absolute Gasteiger partial charge is 0.198 e. The Morgan fingerprint density at radius 3 is 2.22 bits per heavy atom. The molecule has 0 aliphatic heterocycles. The van der Waals surface area contributed by atoms with Crippen molar-refractivity contribution in [3.8, 4) is 0 Å². The van der Waals surface area contributed by atoms with Crippen LogP contribution in [0.2, 0.25) is 5.54 Å². The SMILES string of the molecule is CC(=O)C(=O)[C@@H]([SiH3])CCl. The number of halogens is 1. The van der Waals surface area contributed by atoms with E-state index in [1.54, 1.807) is 0 Å². The van der Waals surface area contributed by atoms with Gasteiger partial charge in [-0.15, -0.1) is 11.6 Å². The molecule has 0 saturated carbocycles. The van der Waals surface area contributed by atoms with Crippen LogP contribution in [-0.4, -0.2) is 27.7 Å². The van der Waals surface area contributed by atoms with Gasteiger partial charge >= 0.3 is 0 Å². The zero-order valence-electron chi connectivity index (χ0n) is 5.48. The van der Waals surface area contributed by atoms with Crippen LogP contribution in [0.3, 0.4) is 0 Å². The molecule has 0 aliphatic carbocycles. The largest absolute Gasteiger partial charge is 0.291 e. The second kappa shape index (κ2) is 3.79. The molecule has 0 radical (unpaired) electrons. The molecule has 0 N–H and O–H groups in total. The first-order chi connectivity index (χ1) is 4.09. The molecule has 1 atom stereocenters. The van der Waals surface area contributed by atoms with Gasteiger partial charge < -0.3 is 0 Å². The van der Waals surface area contributed by atoms with Crippen LogP contribution in [0.1, 0.15) is 6.92 Å². The van der Waals surface area contributed by atoms with E-state index in [9.17, 15) is 9.59 Å². The number of hydrogen-bond donors (Lipinski definition) is 0. The summed E-state index contributed by atoms with van der Waals surface area (Å²) in [6.45, 7) is 1.28. The molecule has 9 heavy (non-hydrogen) atoms. The molecular formula is C5H9ClO2Si. The number of ketones is 2. The summed E-state index contributed by atoms with van der Waals surface area (Å²) in [6.07, 6.45) is 0. The fraction of sp³-hybridized carbons (Fsp3) is 0.600. The Bertz CT molecular complexity index is 135. The van der Waals surface area contributed by atoms with E-state index in [1.807, 2.05) is 0 Å².